The van der Waals surface area contributed by atoms with Crippen molar-refractivity contribution >= 4 is 0 Å². The van der Waals surface area contributed by atoms with Crippen molar-refractivity contribution < 1.29 is 4.57 Å². The van der Waals surface area contributed by atoms with Crippen LogP contribution < -0.4 is 4.57 Å². The summed E-state index contributed by atoms with van der Waals surface area (Å²) in [6.07, 6.45) is 2.18. The average Bonchev–Trinajstić information content (AvgIpc) is 2.27. The maximum atomic E-state index is 2.21. The summed E-state index contributed by atoms with van der Waals surface area (Å²) in [5, 5.41) is 0. The summed E-state index contributed by atoms with van der Waals surface area (Å²) >= 11 is 0. The van der Waals surface area contributed by atoms with Gasteiger partial charge in [0.05, 0.1) is 5.56 Å². The third kappa shape index (κ3) is 2.10. The van der Waals surface area contributed by atoms with Gasteiger partial charge in [0.25, 0.3) is 0 Å². The predicted molar refractivity (Wildman–Crippen MR) is 72.0 cm³/mol. The molecule has 1 aromatic carbocycles. The van der Waals surface area contributed by atoms with E-state index in [4.69, 9.17) is 0 Å². The number of pyridine rings is 1. The molecular weight excluding hydrogens is 206 g/mol. The Morgan fingerprint density at radius 3 is 2.12 bits per heavy atom. The predicted octanol–water partition coefficient (Wildman–Crippen LogP) is 3.41. The Balaban J connectivity index is 2.72. The Morgan fingerprint density at radius 2 is 1.47 bits per heavy atom. The van der Waals surface area contributed by atoms with E-state index in [0.717, 1.165) is 0 Å². The second-order valence-corrected chi connectivity index (χ2v) is 4.90. The van der Waals surface area contributed by atoms with Gasteiger partial charge in [-0.2, -0.15) is 0 Å². The fraction of sp³-hybridized carbons (Fsp3) is 0.312. The first-order chi connectivity index (χ1) is 8.00. The molecule has 0 aliphatic heterocycles. The second kappa shape index (κ2) is 4.33. The summed E-state index contributed by atoms with van der Waals surface area (Å²) in [4.78, 5) is 0. The van der Waals surface area contributed by atoms with Gasteiger partial charge >= 0.3 is 0 Å². The van der Waals surface area contributed by atoms with Crippen LogP contribution in [-0.2, 0) is 7.05 Å². The molecule has 1 heterocycles. The van der Waals surface area contributed by atoms with Gasteiger partial charge in [0.1, 0.15) is 7.05 Å². The molecule has 0 saturated heterocycles. The van der Waals surface area contributed by atoms with Crippen molar-refractivity contribution in [3.8, 4) is 11.3 Å². The van der Waals surface area contributed by atoms with Crippen LogP contribution in [-0.4, -0.2) is 0 Å². The molecule has 0 atom stereocenters. The van der Waals surface area contributed by atoms with Crippen LogP contribution in [0, 0.1) is 27.7 Å². The SMILES string of the molecule is Cc1ccc(-c2c(C)ccc(C)c2C)[n+](C)c1. The zero-order valence-corrected chi connectivity index (χ0v) is 11.3. The highest BCUT2D eigenvalue weighted by Crippen LogP contribution is 2.26. The monoisotopic (exact) mass is 226 g/mol. The zero-order chi connectivity index (χ0) is 12.6. The molecule has 0 fully saturated rings. The average molecular weight is 226 g/mol. The lowest BCUT2D eigenvalue weighted by atomic mass is 9.95. The zero-order valence-electron chi connectivity index (χ0n) is 11.3. The van der Waals surface area contributed by atoms with Crippen LogP contribution in [0.15, 0.2) is 30.5 Å². The van der Waals surface area contributed by atoms with Crippen LogP contribution in [0.5, 0.6) is 0 Å². The van der Waals surface area contributed by atoms with E-state index in [-0.39, 0.29) is 0 Å². The first-order valence-corrected chi connectivity index (χ1v) is 6.04. The van der Waals surface area contributed by atoms with Crippen LogP contribution >= 0.6 is 0 Å². The fourth-order valence-electron chi connectivity index (χ4n) is 2.35. The van der Waals surface area contributed by atoms with Crippen LogP contribution in [0.25, 0.3) is 11.3 Å². The Kier molecular flexibility index (Phi) is 3.01. The normalized spacial score (nSPS) is 10.6. The van der Waals surface area contributed by atoms with Crippen LogP contribution in [0.2, 0.25) is 0 Å². The molecule has 0 amide bonds. The van der Waals surface area contributed by atoms with E-state index in [2.05, 4.69) is 69.8 Å². The van der Waals surface area contributed by atoms with Gasteiger partial charge in [0.15, 0.2) is 6.20 Å². The number of hydrogen-bond acceptors (Lipinski definition) is 0. The molecule has 17 heavy (non-hydrogen) atoms. The van der Waals surface area contributed by atoms with Gasteiger partial charge in [-0.15, -0.1) is 0 Å². The smallest absolute Gasteiger partial charge is 0.201 e. The van der Waals surface area contributed by atoms with Crippen LogP contribution in [0.1, 0.15) is 22.3 Å². The van der Waals surface area contributed by atoms with Crippen molar-refractivity contribution in [2.45, 2.75) is 27.7 Å². The van der Waals surface area contributed by atoms with Crippen molar-refractivity contribution in [3.05, 3.63) is 52.7 Å². The van der Waals surface area contributed by atoms with Gasteiger partial charge in [0, 0.05) is 11.6 Å². The maximum absolute atomic E-state index is 2.21. The Morgan fingerprint density at radius 1 is 0.824 bits per heavy atom. The molecule has 1 nitrogen and oxygen atoms in total. The van der Waals surface area contributed by atoms with Crippen molar-refractivity contribution in [3.63, 3.8) is 0 Å². The molecule has 2 rings (SSSR count). The van der Waals surface area contributed by atoms with E-state index >= 15 is 0 Å². The molecule has 0 spiro atoms. The van der Waals surface area contributed by atoms with E-state index in [1.807, 2.05) is 0 Å². The molecule has 0 bridgehead atoms. The van der Waals surface area contributed by atoms with Crippen molar-refractivity contribution in [2.75, 3.05) is 0 Å². The summed E-state index contributed by atoms with van der Waals surface area (Å²) < 4.78 is 2.21. The lowest BCUT2D eigenvalue weighted by molar-refractivity contribution is -0.660. The molecule has 0 radical (unpaired) electrons. The third-order valence-corrected chi connectivity index (χ3v) is 3.48. The first kappa shape index (κ1) is 11.8. The molecule has 0 aliphatic carbocycles. The summed E-state index contributed by atoms with van der Waals surface area (Å²) in [5.74, 6) is 0. The second-order valence-electron chi connectivity index (χ2n) is 4.90. The topological polar surface area (TPSA) is 3.88 Å². The standard InChI is InChI=1S/C16H20N/c1-11-6-9-15(17(5)10-11)16-13(3)8-7-12(2)14(16)4/h6-10H,1-5H3/q+1. The third-order valence-electron chi connectivity index (χ3n) is 3.48. The first-order valence-electron chi connectivity index (χ1n) is 6.04. The summed E-state index contributed by atoms with van der Waals surface area (Å²) in [7, 11) is 2.11. The minimum Gasteiger partial charge on any atom is -0.201 e. The molecule has 0 unspecified atom stereocenters. The highest BCUT2D eigenvalue weighted by molar-refractivity contribution is 5.66. The van der Waals surface area contributed by atoms with Crippen molar-refractivity contribution in [1.82, 2.24) is 0 Å². The summed E-state index contributed by atoms with van der Waals surface area (Å²) in [6, 6.07) is 8.79. The molecule has 0 saturated carbocycles. The van der Waals surface area contributed by atoms with E-state index in [9.17, 15) is 0 Å². The Hall–Kier alpha value is -1.63. The van der Waals surface area contributed by atoms with Gasteiger partial charge in [0.2, 0.25) is 5.69 Å². The van der Waals surface area contributed by atoms with Gasteiger partial charge in [-0.3, -0.25) is 0 Å². The van der Waals surface area contributed by atoms with Crippen molar-refractivity contribution in [1.29, 1.82) is 0 Å². The lowest BCUT2D eigenvalue weighted by Gasteiger charge is -2.10. The highest BCUT2D eigenvalue weighted by Gasteiger charge is 2.15. The lowest BCUT2D eigenvalue weighted by Crippen LogP contribution is -2.31. The number of benzene rings is 1. The molecule has 0 N–H and O–H groups in total. The molecule has 88 valence electrons. The highest BCUT2D eigenvalue weighted by atomic mass is 14.9. The van der Waals surface area contributed by atoms with Crippen molar-refractivity contribution in [2.24, 2.45) is 7.05 Å². The fourth-order valence-corrected chi connectivity index (χ4v) is 2.35. The van der Waals surface area contributed by atoms with E-state index in [1.165, 1.54) is 33.5 Å². The number of aromatic nitrogens is 1. The largest absolute Gasteiger partial charge is 0.212 e. The number of nitrogens with zero attached hydrogens (tertiary/aromatic N) is 1. The van der Waals surface area contributed by atoms with Crippen LogP contribution in [0.3, 0.4) is 0 Å². The molecule has 0 aliphatic rings. The number of aryl methyl sites for hydroxylation is 4. The van der Waals surface area contributed by atoms with E-state index in [1.54, 1.807) is 0 Å². The molecule has 1 aromatic heterocycles. The molecule has 2 aromatic rings. The van der Waals surface area contributed by atoms with E-state index in [0.29, 0.717) is 0 Å². The minimum absolute atomic E-state index is 1.29. The van der Waals surface area contributed by atoms with Gasteiger partial charge in [-0.1, -0.05) is 12.1 Å². The van der Waals surface area contributed by atoms with Gasteiger partial charge < -0.3 is 0 Å². The molecular formula is C16H20N+. The van der Waals surface area contributed by atoms with E-state index < -0.39 is 0 Å². The number of rotatable bonds is 1. The maximum Gasteiger partial charge on any atom is 0.212 e. The van der Waals surface area contributed by atoms with Gasteiger partial charge in [-0.05, 0) is 50.5 Å². The summed E-state index contributed by atoms with van der Waals surface area (Å²) in [6.45, 7) is 8.69. The quantitative estimate of drug-likeness (QED) is 0.656. The Labute approximate surface area is 104 Å². The number of hydrogen-bond donors (Lipinski definition) is 0. The summed E-state index contributed by atoms with van der Waals surface area (Å²) in [5.41, 5.74) is 8.02. The van der Waals surface area contributed by atoms with Gasteiger partial charge in [-0.25, -0.2) is 4.57 Å². The van der Waals surface area contributed by atoms with Crippen LogP contribution in [0.4, 0.5) is 0 Å². The Bertz CT molecular complexity index is 568. The minimum atomic E-state index is 1.29. The molecule has 1 heteroatoms.